The molecule has 164 valence electrons. The molecule has 1 atom stereocenters. The third-order valence-corrected chi connectivity index (χ3v) is 6.26. The third-order valence-electron chi connectivity index (χ3n) is 5.30. The number of amides is 1. The van der Waals surface area contributed by atoms with Crippen LogP contribution in [-0.4, -0.2) is 62.4 Å². The SMILES string of the molecule is N=C(N)c1cccc(C(CNc2ncnc3cc(C(=O)N4CCSC4)ccc23)C(=O)O)c1. The highest BCUT2D eigenvalue weighted by Crippen LogP contribution is 2.25. The van der Waals surface area contributed by atoms with Gasteiger partial charge in [0.2, 0.25) is 0 Å². The van der Waals surface area contributed by atoms with Crippen molar-refractivity contribution < 1.29 is 14.7 Å². The summed E-state index contributed by atoms with van der Waals surface area (Å²) in [5.74, 6) is 0.0928. The molecule has 1 aliphatic heterocycles. The number of hydrogen-bond acceptors (Lipinski definition) is 7. The molecule has 1 saturated heterocycles. The number of nitrogen functional groups attached to an aromatic ring is 1. The fourth-order valence-corrected chi connectivity index (χ4v) is 4.50. The number of nitrogens with zero attached hydrogens (tertiary/aromatic N) is 3. The monoisotopic (exact) mass is 450 g/mol. The molecular formula is C22H22N6O3S. The summed E-state index contributed by atoms with van der Waals surface area (Å²) in [5, 5.41) is 21.1. The molecule has 2 aromatic carbocycles. The summed E-state index contributed by atoms with van der Waals surface area (Å²) < 4.78 is 0. The number of nitrogens with two attached hydrogens (primary N) is 1. The van der Waals surface area contributed by atoms with Crippen LogP contribution in [-0.2, 0) is 4.79 Å². The van der Waals surface area contributed by atoms with Crippen molar-refractivity contribution in [1.82, 2.24) is 14.9 Å². The number of carboxylic acids is 1. The van der Waals surface area contributed by atoms with E-state index in [-0.39, 0.29) is 18.3 Å². The maximum Gasteiger partial charge on any atom is 0.312 e. The Morgan fingerprint density at radius 2 is 2.06 bits per heavy atom. The molecule has 10 heteroatoms. The second-order valence-corrected chi connectivity index (χ2v) is 8.45. The van der Waals surface area contributed by atoms with Gasteiger partial charge in [0, 0.05) is 35.4 Å². The lowest BCUT2D eigenvalue weighted by Gasteiger charge is -2.17. The minimum absolute atomic E-state index is 0.0266. The van der Waals surface area contributed by atoms with Crippen LogP contribution in [0.5, 0.6) is 0 Å². The maximum absolute atomic E-state index is 12.7. The molecule has 0 radical (unpaired) electrons. The van der Waals surface area contributed by atoms with Gasteiger partial charge in [0.25, 0.3) is 5.91 Å². The number of anilines is 1. The first kappa shape index (κ1) is 21.6. The van der Waals surface area contributed by atoms with Crippen LogP contribution in [0.4, 0.5) is 5.82 Å². The molecular weight excluding hydrogens is 428 g/mol. The summed E-state index contributed by atoms with van der Waals surface area (Å²) in [7, 11) is 0. The second-order valence-electron chi connectivity index (χ2n) is 7.37. The molecule has 1 aromatic heterocycles. The van der Waals surface area contributed by atoms with Crippen molar-refractivity contribution in [2.45, 2.75) is 5.92 Å². The zero-order valence-electron chi connectivity index (χ0n) is 17.1. The summed E-state index contributed by atoms with van der Waals surface area (Å²) in [6.45, 7) is 0.814. The minimum Gasteiger partial charge on any atom is -0.481 e. The van der Waals surface area contributed by atoms with Gasteiger partial charge in [0.05, 0.1) is 17.3 Å². The Balaban J connectivity index is 1.56. The highest BCUT2D eigenvalue weighted by Gasteiger charge is 2.22. The zero-order valence-corrected chi connectivity index (χ0v) is 17.9. The van der Waals surface area contributed by atoms with E-state index in [1.165, 1.54) is 6.33 Å². The first-order valence-electron chi connectivity index (χ1n) is 9.97. The van der Waals surface area contributed by atoms with Gasteiger partial charge in [0.15, 0.2) is 0 Å². The minimum atomic E-state index is -1.01. The summed E-state index contributed by atoms with van der Waals surface area (Å²) in [6.07, 6.45) is 1.39. The summed E-state index contributed by atoms with van der Waals surface area (Å²) in [5.41, 5.74) is 7.70. The number of hydrogen-bond donors (Lipinski definition) is 4. The number of carbonyl (C=O) groups excluding carboxylic acids is 1. The fraction of sp³-hybridized carbons (Fsp3) is 0.227. The van der Waals surface area contributed by atoms with E-state index in [9.17, 15) is 14.7 Å². The van der Waals surface area contributed by atoms with Crippen LogP contribution in [0.1, 0.15) is 27.4 Å². The van der Waals surface area contributed by atoms with Crippen molar-refractivity contribution in [2.24, 2.45) is 5.73 Å². The molecule has 1 amide bonds. The molecule has 1 unspecified atom stereocenters. The predicted octanol–water partition coefficient (Wildman–Crippen LogP) is 2.34. The van der Waals surface area contributed by atoms with Gasteiger partial charge in [-0.3, -0.25) is 15.0 Å². The van der Waals surface area contributed by atoms with Gasteiger partial charge in [-0.25, -0.2) is 9.97 Å². The van der Waals surface area contributed by atoms with Gasteiger partial charge in [-0.2, -0.15) is 0 Å². The first-order valence-corrected chi connectivity index (χ1v) is 11.1. The number of fused-ring (bicyclic) bond motifs is 1. The normalized spacial score (nSPS) is 14.3. The van der Waals surface area contributed by atoms with Crippen LogP contribution < -0.4 is 11.1 Å². The summed E-state index contributed by atoms with van der Waals surface area (Å²) >= 11 is 1.73. The van der Waals surface area contributed by atoms with Crippen LogP contribution in [0.25, 0.3) is 10.9 Å². The predicted molar refractivity (Wildman–Crippen MR) is 124 cm³/mol. The molecule has 3 aromatic rings. The number of carbonyl (C=O) groups is 2. The fourth-order valence-electron chi connectivity index (χ4n) is 3.56. The second kappa shape index (κ2) is 9.23. The molecule has 32 heavy (non-hydrogen) atoms. The third kappa shape index (κ3) is 4.50. The van der Waals surface area contributed by atoms with Gasteiger partial charge < -0.3 is 21.1 Å². The smallest absolute Gasteiger partial charge is 0.312 e. The van der Waals surface area contributed by atoms with Crippen molar-refractivity contribution in [3.8, 4) is 0 Å². The molecule has 0 saturated carbocycles. The lowest BCUT2D eigenvalue weighted by atomic mass is 9.97. The number of benzene rings is 2. The maximum atomic E-state index is 12.7. The number of nitrogens with one attached hydrogen (secondary N) is 2. The molecule has 9 nitrogen and oxygen atoms in total. The van der Waals surface area contributed by atoms with E-state index in [4.69, 9.17) is 11.1 Å². The Hall–Kier alpha value is -3.66. The van der Waals surface area contributed by atoms with Crippen LogP contribution in [0.15, 0.2) is 48.8 Å². The topological polar surface area (TPSA) is 145 Å². The van der Waals surface area contributed by atoms with E-state index in [0.717, 1.165) is 12.3 Å². The number of rotatable bonds is 7. The van der Waals surface area contributed by atoms with Gasteiger partial charge in [-0.05, 0) is 29.8 Å². The Bertz CT molecular complexity index is 1200. The molecule has 0 spiro atoms. The van der Waals surface area contributed by atoms with E-state index in [0.29, 0.717) is 39.3 Å². The largest absolute Gasteiger partial charge is 0.481 e. The van der Waals surface area contributed by atoms with E-state index in [1.54, 1.807) is 59.1 Å². The van der Waals surface area contributed by atoms with E-state index in [1.807, 2.05) is 0 Å². The van der Waals surface area contributed by atoms with E-state index >= 15 is 0 Å². The average molecular weight is 451 g/mol. The van der Waals surface area contributed by atoms with Gasteiger partial charge in [-0.1, -0.05) is 18.2 Å². The molecule has 2 heterocycles. The number of aromatic nitrogens is 2. The van der Waals surface area contributed by atoms with Crippen LogP contribution in [0.3, 0.4) is 0 Å². The molecule has 0 aliphatic carbocycles. The molecule has 0 bridgehead atoms. The Kier molecular flexibility index (Phi) is 6.22. The first-order chi connectivity index (χ1) is 15.4. The van der Waals surface area contributed by atoms with Crippen molar-refractivity contribution >= 4 is 46.2 Å². The van der Waals surface area contributed by atoms with Crippen molar-refractivity contribution in [3.05, 3.63) is 65.5 Å². The van der Waals surface area contributed by atoms with Crippen LogP contribution >= 0.6 is 11.8 Å². The number of aliphatic carboxylic acids is 1. The van der Waals surface area contributed by atoms with Crippen molar-refractivity contribution in [3.63, 3.8) is 0 Å². The number of amidine groups is 1. The lowest BCUT2D eigenvalue weighted by molar-refractivity contribution is -0.138. The molecule has 1 fully saturated rings. The average Bonchev–Trinajstić information content (AvgIpc) is 3.33. The summed E-state index contributed by atoms with van der Waals surface area (Å²) in [4.78, 5) is 34.9. The van der Waals surface area contributed by atoms with Gasteiger partial charge in [0.1, 0.15) is 18.0 Å². The molecule has 4 rings (SSSR count). The van der Waals surface area contributed by atoms with Gasteiger partial charge in [-0.15, -0.1) is 11.8 Å². The van der Waals surface area contributed by atoms with Crippen molar-refractivity contribution in [1.29, 1.82) is 5.41 Å². The highest BCUT2D eigenvalue weighted by molar-refractivity contribution is 7.99. The van der Waals surface area contributed by atoms with Crippen LogP contribution in [0, 0.1) is 5.41 Å². The van der Waals surface area contributed by atoms with E-state index in [2.05, 4.69) is 15.3 Å². The quantitative estimate of drug-likeness (QED) is 0.317. The van der Waals surface area contributed by atoms with E-state index < -0.39 is 11.9 Å². The molecule has 5 N–H and O–H groups in total. The lowest BCUT2D eigenvalue weighted by Crippen LogP contribution is -2.27. The summed E-state index contributed by atoms with van der Waals surface area (Å²) in [6, 6.07) is 11.9. The Morgan fingerprint density at radius 3 is 2.78 bits per heavy atom. The van der Waals surface area contributed by atoms with Gasteiger partial charge >= 0.3 is 5.97 Å². The number of carboxylic acid groups (broad SMARTS) is 1. The molecule has 1 aliphatic rings. The zero-order chi connectivity index (χ0) is 22.7. The highest BCUT2D eigenvalue weighted by atomic mass is 32.2. The standard InChI is InChI=1S/C22H22N6O3S/c23-19(24)14-3-1-2-13(8-14)17(22(30)31)10-25-20-16-5-4-15(9-18(16)26-11-27-20)21(29)28-6-7-32-12-28/h1-5,8-9,11,17H,6-7,10,12H2,(H3,23,24)(H,30,31)(H,25,26,27). The van der Waals surface area contributed by atoms with Crippen molar-refractivity contribution in [2.75, 3.05) is 30.0 Å². The Labute approximate surface area is 188 Å². The number of thioether (sulfide) groups is 1. The Morgan fingerprint density at radius 1 is 1.22 bits per heavy atom. The van der Waals surface area contributed by atoms with Crippen LogP contribution in [0.2, 0.25) is 0 Å².